The Hall–Kier alpha value is -1.38. The smallest absolute Gasteiger partial charge is 0.151 e. The molecule has 1 aromatic heterocycles. The van der Waals surface area contributed by atoms with Gasteiger partial charge in [-0.25, -0.2) is 0 Å². The first kappa shape index (κ1) is 12.1. The van der Waals surface area contributed by atoms with E-state index in [1.54, 1.807) is 6.07 Å². The van der Waals surface area contributed by atoms with Crippen molar-refractivity contribution < 1.29 is 0 Å². The maximum absolute atomic E-state index is 8.61. The number of halogens is 1. The number of hydrogen-bond acceptors (Lipinski definition) is 5. The molecule has 0 radical (unpaired) electrons. The van der Waals surface area contributed by atoms with E-state index in [-0.39, 0.29) is 0 Å². The molecular weight excluding hydrogens is 238 g/mol. The van der Waals surface area contributed by atoms with Gasteiger partial charge in [0, 0.05) is 19.1 Å². The zero-order valence-electron chi connectivity index (χ0n) is 9.43. The molecule has 6 heteroatoms. The molecule has 1 aliphatic rings. The standard InChI is InChI=1S/C11H14ClN5/c12-10-1-2-11(16-15-10)14-9-3-6-17(7-4-9)8-5-13/h1-2,9H,3-4,6-8H2,(H,14,16). The van der Waals surface area contributed by atoms with E-state index in [1.165, 1.54) is 0 Å². The van der Waals surface area contributed by atoms with E-state index in [4.69, 9.17) is 16.9 Å². The molecule has 1 N–H and O–H groups in total. The summed E-state index contributed by atoms with van der Waals surface area (Å²) in [6, 6.07) is 6.13. The molecule has 90 valence electrons. The lowest BCUT2D eigenvalue weighted by Gasteiger charge is -2.30. The van der Waals surface area contributed by atoms with Crippen LogP contribution in [0.5, 0.6) is 0 Å². The van der Waals surface area contributed by atoms with Gasteiger partial charge in [0.2, 0.25) is 0 Å². The Morgan fingerprint density at radius 3 is 2.76 bits per heavy atom. The Kier molecular flexibility index (Phi) is 4.13. The highest BCUT2D eigenvalue weighted by Gasteiger charge is 2.18. The Bertz CT molecular complexity index is 391. The van der Waals surface area contributed by atoms with Gasteiger partial charge in [-0.1, -0.05) is 11.6 Å². The summed E-state index contributed by atoms with van der Waals surface area (Å²) in [5, 5.41) is 20.1. The molecule has 0 saturated carbocycles. The summed E-state index contributed by atoms with van der Waals surface area (Å²) in [4.78, 5) is 2.16. The molecule has 0 amide bonds. The summed E-state index contributed by atoms with van der Waals surface area (Å²) in [7, 11) is 0. The number of nitriles is 1. The third kappa shape index (κ3) is 3.55. The summed E-state index contributed by atoms with van der Waals surface area (Å²) in [5.41, 5.74) is 0. The molecule has 1 fully saturated rings. The van der Waals surface area contributed by atoms with E-state index in [9.17, 15) is 0 Å². The van der Waals surface area contributed by atoms with Gasteiger partial charge in [-0.15, -0.1) is 10.2 Å². The lowest BCUT2D eigenvalue weighted by molar-refractivity contribution is 0.242. The van der Waals surface area contributed by atoms with Crippen LogP contribution in [0.15, 0.2) is 12.1 Å². The average molecular weight is 252 g/mol. The van der Waals surface area contributed by atoms with Crippen LogP contribution in [0.3, 0.4) is 0 Å². The van der Waals surface area contributed by atoms with Crippen LogP contribution in [-0.4, -0.2) is 40.8 Å². The van der Waals surface area contributed by atoms with Gasteiger partial charge in [0.05, 0.1) is 12.6 Å². The molecule has 1 aromatic rings. The van der Waals surface area contributed by atoms with Crippen molar-refractivity contribution in [1.29, 1.82) is 5.26 Å². The first-order valence-corrected chi connectivity index (χ1v) is 6.01. The van der Waals surface area contributed by atoms with Crippen LogP contribution in [0.1, 0.15) is 12.8 Å². The van der Waals surface area contributed by atoms with Crippen molar-refractivity contribution in [3.8, 4) is 6.07 Å². The van der Waals surface area contributed by atoms with Gasteiger partial charge in [-0.2, -0.15) is 5.26 Å². The first-order valence-electron chi connectivity index (χ1n) is 5.63. The minimum absolute atomic E-state index is 0.402. The maximum Gasteiger partial charge on any atom is 0.151 e. The molecule has 2 rings (SSSR count). The van der Waals surface area contributed by atoms with Crippen LogP contribution in [0.4, 0.5) is 5.82 Å². The molecule has 0 atom stereocenters. The molecule has 1 aliphatic heterocycles. The Balaban J connectivity index is 1.82. The third-order valence-electron chi connectivity index (χ3n) is 2.87. The summed E-state index contributed by atoms with van der Waals surface area (Å²) in [5.74, 6) is 0.758. The SMILES string of the molecule is N#CCN1CCC(Nc2ccc(Cl)nn2)CC1. The minimum Gasteiger partial charge on any atom is -0.366 e. The molecule has 0 spiro atoms. The van der Waals surface area contributed by atoms with E-state index >= 15 is 0 Å². The number of rotatable bonds is 3. The fourth-order valence-electron chi connectivity index (χ4n) is 1.94. The molecule has 5 nitrogen and oxygen atoms in total. The van der Waals surface area contributed by atoms with E-state index in [2.05, 4.69) is 26.5 Å². The van der Waals surface area contributed by atoms with Crippen LogP contribution in [-0.2, 0) is 0 Å². The lowest BCUT2D eigenvalue weighted by Crippen LogP contribution is -2.39. The molecule has 0 aliphatic carbocycles. The van der Waals surface area contributed by atoms with Crippen molar-refractivity contribution in [2.45, 2.75) is 18.9 Å². The summed E-state index contributed by atoms with van der Waals surface area (Å²) < 4.78 is 0. The highest BCUT2D eigenvalue weighted by atomic mass is 35.5. The van der Waals surface area contributed by atoms with Gasteiger partial charge in [0.15, 0.2) is 5.15 Å². The Morgan fingerprint density at radius 1 is 1.41 bits per heavy atom. The number of nitrogens with one attached hydrogen (secondary N) is 1. The zero-order chi connectivity index (χ0) is 12.1. The second kappa shape index (κ2) is 5.80. The molecule has 0 unspecified atom stereocenters. The molecule has 2 heterocycles. The molecular formula is C11H14ClN5. The summed E-state index contributed by atoms with van der Waals surface area (Å²) in [6.45, 7) is 2.42. The van der Waals surface area contributed by atoms with Crippen molar-refractivity contribution >= 4 is 17.4 Å². The van der Waals surface area contributed by atoms with Crippen LogP contribution in [0.2, 0.25) is 5.15 Å². The fraction of sp³-hybridized carbons (Fsp3) is 0.545. The van der Waals surface area contributed by atoms with Crippen LogP contribution in [0.25, 0.3) is 0 Å². The number of likely N-dealkylation sites (tertiary alicyclic amines) is 1. The van der Waals surface area contributed by atoms with Gasteiger partial charge < -0.3 is 5.32 Å². The van der Waals surface area contributed by atoms with Crippen molar-refractivity contribution in [3.05, 3.63) is 17.3 Å². The topological polar surface area (TPSA) is 64.8 Å². The van der Waals surface area contributed by atoms with Crippen molar-refractivity contribution in [3.63, 3.8) is 0 Å². The van der Waals surface area contributed by atoms with E-state index in [0.29, 0.717) is 17.7 Å². The highest BCUT2D eigenvalue weighted by molar-refractivity contribution is 6.29. The molecule has 1 saturated heterocycles. The van der Waals surface area contributed by atoms with Crippen LogP contribution < -0.4 is 5.32 Å². The Morgan fingerprint density at radius 2 is 2.18 bits per heavy atom. The van der Waals surface area contributed by atoms with Gasteiger partial charge >= 0.3 is 0 Å². The minimum atomic E-state index is 0.402. The quantitative estimate of drug-likeness (QED) is 0.826. The zero-order valence-corrected chi connectivity index (χ0v) is 10.2. The lowest BCUT2D eigenvalue weighted by atomic mass is 10.1. The summed E-state index contributed by atoms with van der Waals surface area (Å²) >= 11 is 5.67. The van der Waals surface area contributed by atoms with Crippen molar-refractivity contribution in [2.75, 3.05) is 25.0 Å². The molecule has 0 bridgehead atoms. The number of hydrogen-bond donors (Lipinski definition) is 1. The van der Waals surface area contributed by atoms with Crippen molar-refractivity contribution in [2.24, 2.45) is 0 Å². The normalized spacial score (nSPS) is 17.6. The summed E-state index contributed by atoms with van der Waals surface area (Å²) in [6.07, 6.45) is 2.04. The van der Waals surface area contributed by atoms with Crippen molar-refractivity contribution in [1.82, 2.24) is 15.1 Å². The number of anilines is 1. The van der Waals surface area contributed by atoms with E-state index in [1.807, 2.05) is 6.07 Å². The molecule has 0 aromatic carbocycles. The number of piperidine rings is 1. The number of nitrogens with zero attached hydrogens (tertiary/aromatic N) is 4. The second-order valence-electron chi connectivity index (χ2n) is 4.09. The monoisotopic (exact) mass is 251 g/mol. The maximum atomic E-state index is 8.61. The van der Waals surface area contributed by atoms with Crippen LogP contribution >= 0.6 is 11.6 Å². The first-order chi connectivity index (χ1) is 8.28. The largest absolute Gasteiger partial charge is 0.366 e. The van der Waals surface area contributed by atoms with Gasteiger partial charge in [0.1, 0.15) is 5.82 Å². The second-order valence-corrected chi connectivity index (χ2v) is 4.48. The average Bonchev–Trinajstić information content (AvgIpc) is 2.35. The van der Waals surface area contributed by atoms with Gasteiger partial charge in [0.25, 0.3) is 0 Å². The fourth-order valence-corrected chi connectivity index (χ4v) is 2.04. The van der Waals surface area contributed by atoms with Gasteiger partial charge in [-0.05, 0) is 25.0 Å². The highest BCUT2D eigenvalue weighted by Crippen LogP contribution is 2.15. The Labute approximate surface area is 105 Å². The van der Waals surface area contributed by atoms with Crippen LogP contribution in [0, 0.1) is 11.3 Å². The van der Waals surface area contributed by atoms with E-state index < -0.39 is 0 Å². The molecule has 17 heavy (non-hydrogen) atoms. The predicted molar refractivity (Wildman–Crippen MR) is 65.7 cm³/mol. The third-order valence-corrected chi connectivity index (χ3v) is 3.07. The van der Waals surface area contributed by atoms with Gasteiger partial charge in [-0.3, -0.25) is 4.90 Å². The van der Waals surface area contributed by atoms with E-state index in [0.717, 1.165) is 31.7 Å². The predicted octanol–water partition coefficient (Wildman–Crippen LogP) is 1.53. The number of aromatic nitrogens is 2.